The van der Waals surface area contributed by atoms with Gasteiger partial charge in [0.05, 0.1) is 10.9 Å². The van der Waals surface area contributed by atoms with Crippen LogP contribution in [0.2, 0.25) is 0 Å². The van der Waals surface area contributed by atoms with Gasteiger partial charge in [0, 0.05) is 18.9 Å². The SMILES string of the molecule is Cc1cc(S(=O)(=O)N2CCc3ccccc3C2c2cccnc2)ccc1F. The van der Waals surface area contributed by atoms with Crippen molar-refractivity contribution in [2.75, 3.05) is 6.54 Å². The molecular formula is C21H19FN2O2S. The zero-order valence-electron chi connectivity index (χ0n) is 14.8. The maximum Gasteiger partial charge on any atom is 0.243 e. The Kier molecular flexibility index (Phi) is 4.53. The largest absolute Gasteiger partial charge is 0.264 e. The molecular weight excluding hydrogens is 363 g/mol. The maximum atomic E-state index is 13.7. The molecule has 2 aromatic carbocycles. The number of fused-ring (bicyclic) bond motifs is 1. The summed E-state index contributed by atoms with van der Waals surface area (Å²) in [5.41, 5.74) is 3.21. The predicted molar refractivity (Wildman–Crippen MR) is 101 cm³/mol. The van der Waals surface area contributed by atoms with Crippen LogP contribution in [0.15, 0.2) is 71.9 Å². The van der Waals surface area contributed by atoms with Gasteiger partial charge in [-0.05, 0) is 59.9 Å². The number of halogens is 1. The third kappa shape index (κ3) is 3.15. The van der Waals surface area contributed by atoms with Crippen molar-refractivity contribution < 1.29 is 12.8 Å². The summed E-state index contributed by atoms with van der Waals surface area (Å²) >= 11 is 0. The summed E-state index contributed by atoms with van der Waals surface area (Å²) in [6, 6.07) is 15.0. The molecule has 0 fully saturated rings. The Morgan fingerprint density at radius 2 is 1.93 bits per heavy atom. The van der Waals surface area contributed by atoms with Crippen molar-refractivity contribution in [1.82, 2.24) is 9.29 Å². The number of aryl methyl sites for hydroxylation is 1. The van der Waals surface area contributed by atoms with Gasteiger partial charge in [0.15, 0.2) is 0 Å². The van der Waals surface area contributed by atoms with Crippen LogP contribution in [0.25, 0.3) is 0 Å². The van der Waals surface area contributed by atoms with E-state index in [1.165, 1.54) is 22.5 Å². The zero-order valence-corrected chi connectivity index (χ0v) is 15.7. The molecule has 0 amide bonds. The molecule has 27 heavy (non-hydrogen) atoms. The van der Waals surface area contributed by atoms with Gasteiger partial charge < -0.3 is 0 Å². The summed E-state index contributed by atoms with van der Waals surface area (Å²) in [6.07, 6.45) is 4.00. The Bertz CT molecular complexity index is 1080. The second kappa shape index (κ2) is 6.87. The summed E-state index contributed by atoms with van der Waals surface area (Å²) in [7, 11) is -3.80. The number of hydrogen-bond acceptors (Lipinski definition) is 3. The van der Waals surface area contributed by atoms with Crippen LogP contribution in [0.4, 0.5) is 4.39 Å². The molecule has 4 nitrogen and oxygen atoms in total. The highest BCUT2D eigenvalue weighted by Crippen LogP contribution is 2.38. The molecule has 1 atom stereocenters. The van der Waals surface area contributed by atoms with Gasteiger partial charge in [0.1, 0.15) is 5.82 Å². The molecule has 1 aliphatic heterocycles. The van der Waals surface area contributed by atoms with Gasteiger partial charge in [-0.3, -0.25) is 4.98 Å². The minimum Gasteiger partial charge on any atom is -0.264 e. The summed E-state index contributed by atoms with van der Waals surface area (Å²) in [4.78, 5) is 4.28. The fraction of sp³-hybridized carbons (Fsp3) is 0.190. The third-order valence-electron chi connectivity index (χ3n) is 4.98. The van der Waals surface area contributed by atoms with E-state index in [9.17, 15) is 12.8 Å². The number of benzene rings is 2. The minimum absolute atomic E-state index is 0.106. The van der Waals surface area contributed by atoms with Crippen LogP contribution < -0.4 is 0 Å². The van der Waals surface area contributed by atoms with E-state index in [0.29, 0.717) is 18.5 Å². The summed E-state index contributed by atoms with van der Waals surface area (Å²) in [5.74, 6) is -0.415. The van der Waals surface area contributed by atoms with Crippen LogP contribution in [0.1, 0.15) is 28.3 Å². The van der Waals surface area contributed by atoms with E-state index in [1.807, 2.05) is 30.3 Å². The Morgan fingerprint density at radius 3 is 2.67 bits per heavy atom. The first-order chi connectivity index (χ1) is 13.0. The average molecular weight is 382 g/mol. The number of aromatic nitrogens is 1. The van der Waals surface area contributed by atoms with Crippen LogP contribution in [-0.2, 0) is 16.4 Å². The molecule has 1 unspecified atom stereocenters. The van der Waals surface area contributed by atoms with Gasteiger partial charge in [0.2, 0.25) is 10.0 Å². The van der Waals surface area contributed by atoms with Crippen molar-refractivity contribution in [3.8, 4) is 0 Å². The van der Waals surface area contributed by atoms with E-state index in [4.69, 9.17) is 0 Å². The van der Waals surface area contributed by atoms with E-state index < -0.39 is 21.9 Å². The fourth-order valence-corrected chi connectivity index (χ4v) is 5.28. The van der Waals surface area contributed by atoms with E-state index >= 15 is 0 Å². The Labute approximate surface area is 158 Å². The third-order valence-corrected chi connectivity index (χ3v) is 6.84. The Balaban J connectivity index is 1.87. The van der Waals surface area contributed by atoms with Gasteiger partial charge in [-0.1, -0.05) is 30.3 Å². The highest BCUT2D eigenvalue weighted by molar-refractivity contribution is 7.89. The van der Waals surface area contributed by atoms with Gasteiger partial charge in [-0.2, -0.15) is 4.31 Å². The Morgan fingerprint density at radius 1 is 1.11 bits per heavy atom. The molecule has 4 rings (SSSR count). The van der Waals surface area contributed by atoms with Crippen LogP contribution in [0.5, 0.6) is 0 Å². The molecule has 0 saturated heterocycles. The number of sulfonamides is 1. The molecule has 1 aromatic heterocycles. The molecule has 0 aliphatic carbocycles. The van der Waals surface area contributed by atoms with Crippen LogP contribution >= 0.6 is 0 Å². The monoisotopic (exact) mass is 382 g/mol. The highest BCUT2D eigenvalue weighted by atomic mass is 32.2. The molecule has 0 radical (unpaired) electrons. The predicted octanol–water partition coefficient (Wildman–Crippen LogP) is 3.87. The smallest absolute Gasteiger partial charge is 0.243 e. The summed E-state index contributed by atoms with van der Waals surface area (Å²) in [5, 5.41) is 0. The first kappa shape index (κ1) is 17.8. The van der Waals surface area contributed by atoms with Gasteiger partial charge in [0.25, 0.3) is 0 Å². The number of pyridine rings is 1. The molecule has 2 heterocycles. The van der Waals surface area contributed by atoms with E-state index in [1.54, 1.807) is 25.4 Å². The van der Waals surface area contributed by atoms with E-state index in [2.05, 4.69) is 4.98 Å². The van der Waals surface area contributed by atoms with Gasteiger partial charge in [-0.25, -0.2) is 12.8 Å². The van der Waals surface area contributed by atoms with Crippen molar-refractivity contribution in [3.63, 3.8) is 0 Å². The molecule has 6 heteroatoms. The molecule has 0 saturated carbocycles. The maximum absolute atomic E-state index is 13.7. The number of hydrogen-bond donors (Lipinski definition) is 0. The van der Waals surface area contributed by atoms with Crippen molar-refractivity contribution in [3.05, 3.63) is 95.1 Å². The van der Waals surface area contributed by atoms with Crippen molar-refractivity contribution in [2.24, 2.45) is 0 Å². The second-order valence-electron chi connectivity index (χ2n) is 6.66. The fourth-order valence-electron chi connectivity index (χ4n) is 3.60. The topological polar surface area (TPSA) is 50.3 Å². The highest BCUT2D eigenvalue weighted by Gasteiger charge is 2.37. The van der Waals surface area contributed by atoms with Gasteiger partial charge >= 0.3 is 0 Å². The molecule has 3 aromatic rings. The van der Waals surface area contributed by atoms with Crippen molar-refractivity contribution >= 4 is 10.0 Å². The molecule has 138 valence electrons. The van der Waals surface area contributed by atoms with Crippen LogP contribution in [0, 0.1) is 12.7 Å². The van der Waals surface area contributed by atoms with Gasteiger partial charge in [-0.15, -0.1) is 0 Å². The first-order valence-corrected chi connectivity index (χ1v) is 10.2. The lowest BCUT2D eigenvalue weighted by Gasteiger charge is -2.36. The standard InChI is InChI=1S/C21H19FN2O2S/c1-15-13-18(8-9-20(15)22)27(25,26)24-12-10-16-5-2-3-7-19(16)21(24)17-6-4-11-23-14-17/h2-9,11,13-14,21H,10,12H2,1H3. The molecule has 0 spiro atoms. The molecule has 0 N–H and O–H groups in total. The number of nitrogens with zero attached hydrogens (tertiary/aromatic N) is 2. The first-order valence-electron chi connectivity index (χ1n) is 8.74. The lowest BCUT2D eigenvalue weighted by Crippen LogP contribution is -2.40. The summed E-state index contributed by atoms with van der Waals surface area (Å²) in [6.45, 7) is 1.92. The Hall–Kier alpha value is -2.57. The van der Waals surface area contributed by atoms with Crippen molar-refractivity contribution in [1.29, 1.82) is 0 Å². The lowest BCUT2D eigenvalue weighted by molar-refractivity contribution is 0.343. The average Bonchev–Trinajstić information content (AvgIpc) is 2.69. The van der Waals surface area contributed by atoms with Crippen LogP contribution in [0.3, 0.4) is 0 Å². The minimum atomic E-state index is -3.80. The van der Waals surface area contributed by atoms with Crippen molar-refractivity contribution in [2.45, 2.75) is 24.3 Å². The lowest BCUT2D eigenvalue weighted by atomic mass is 9.91. The molecule has 1 aliphatic rings. The number of rotatable bonds is 3. The quantitative estimate of drug-likeness (QED) is 0.691. The van der Waals surface area contributed by atoms with E-state index in [-0.39, 0.29) is 4.90 Å². The molecule has 0 bridgehead atoms. The summed E-state index contributed by atoms with van der Waals surface area (Å²) < 4.78 is 42.0. The van der Waals surface area contributed by atoms with Crippen LogP contribution in [-0.4, -0.2) is 24.3 Å². The zero-order chi connectivity index (χ0) is 19.0. The second-order valence-corrected chi connectivity index (χ2v) is 8.56. The normalized spacial score (nSPS) is 17.5. The van der Waals surface area contributed by atoms with E-state index in [0.717, 1.165) is 16.7 Å².